The molecule has 1 N–H and O–H groups in total. The standard InChI is InChI=1S/C14H23NO/c1-5-16-10-13(4)15-9-14-11(2)7-6-8-12(14)3/h6-8,13,15H,5,9-10H2,1-4H3. The van der Waals surface area contributed by atoms with Crippen molar-refractivity contribution in [2.75, 3.05) is 13.2 Å². The Bertz CT molecular complexity index is 302. The maximum Gasteiger partial charge on any atom is 0.0616 e. The summed E-state index contributed by atoms with van der Waals surface area (Å²) in [7, 11) is 0. The maximum absolute atomic E-state index is 5.38. The fraction of sp³-hybridized carbons (Fsp3) is 0.571. The van der Waals surface area contributed by atoms with Crippen LogP contribution in [0.25, 0.3) is 0 Å². The lowest BCUT2D eigenvalue weighted by atomic mass is 10.0. The van der Waals surface area contributed by atoms with Crippen molar-refractivity contribution in [3.8, 4) is 0 Å². The Morgan fingerprint density at radius 1 is 1.25 bits per heavy atom. The van der Waals surface area contributed by atoms with Crippen LogP contribution in [0.1, 0.15) is 30.5 Å². The van der Waals surface area contributed by atoms with E-state index in [1.165, 1.54) is 16.7 Å². The highest BCUT2D eigenvalue weighted by Crippen LogP contribution is 2.12. The van der Waals surface area contributed by atoms with Gasteiger partial charge in [0.05, 0.1) is 6.61 Å². The van der Waals surface area contributed by atoms with Crippen LogP contribution < -0.4 is 5.32 Å². The molecular formula is C14H23NO. The second-order valence-electron chi connectivity index (χ2n) is 4.31. The summed E-state index contributed by atoms with van der Waals surface area (Å²) in [4.78, 5) is 0. The molecule has 2 nitrogen and oxygen atoms in total. The van der Waals surface area contributed by atoms with Gasteiger partial charge in [-0.05, 0) is 44.4 Å². The molecule has 2 heteroatoms. The van der Waals surface area contributed by atoms with Crippen LogP contribution in [0.3, 0.4) is 0 Å². The zero-order valence-corrected chi connectivity index (χ0v) is 10.8. The van der Waals surface area contributed by atoms with Gasteiger partial charge in [-0.25, -0.2) is 0 Å². The minimum Gasteiger partial charge on any atom is -0.380 e. The first-order valence-corrected chi connectivity index (χ1v) is 6.01. The zero-order valence-electron chi connectivity index (χ0n) is 10.8. The van der Waals surface area contributed by atoms with Crippen molar-refractivity contribution in [2.45, 2.75) is 40.3 Å². The van der Waals surface area contributed by atoms with Crippen LogP contribution in [0.2, 0.25) is 0 Å². The molecule has 1 aromatic rings. The van der Waals surface area contributed by atoms with E-state index in [0.29, 0.717) is 6.04 Å². The molecular weight excluding hydrogens is 198 g/mol. The molecule has 0 aromatic heterocycles. The van der Waals surface area contributed by atoms with E-state index >= 15 is 0 Å². The third kappa shape index (κ3) is 3.95. The van der Waals surface area contributed by atoms with Crippen LogP contribution in [0.15, 0.2) is 18.2 Å². The van der Waals surface area contributed by atoms with Gasteiger partial charge in [-0.2, -0.15) is 0 Å². The highest BCUT2D eigenvalue weighted by molar-refractivity contribution is 5.33. The number of hydrogen-bond acceptors (Lipinski definition) is 2. The molecule has 0 fully saturated rings. The molecule has 90 valence electrons. The van der Waals surface area contributed by atoms with E-state index in [2.05, 4.69) is 44.3 Å². The third-order valence-electron chi connectivity index (χ3n) is 2.84. The van der Waals surface area contributed by atoms with Crippen LogP contribution in [-0.4, -0.2) is 19.3 Å². The van der Waals surface area contributed by atoms with Crippen LogP contribution in [0, 0.1) is 13.8 Å². The molecule has 0 radical (unpaired) electrons. The van der Waals surface area contributed by atoms with Crippen molar-refractivity contribution >= 4 is 0 Å². The van der Waals surface area contributed by atoms with Crippen molar-refractivity contribution in [1.82, 2.24) is 5.32 Å². The summed E-state index contributed by atoms with van der Waals surface area (Å²) in [6, 6.07) is 6.84. The second kappa shape index (κ2) is 6.66. The molecule has 0 saturated heterocycles. The van der Waals surface area contributed by atoms with Crippen LogP contribution >= 0.6 is 0 Å². The molecule has 0 heterocycles. The van der Waals surface area contributed by atoms with Crippen molar-refractivity contribution in [3.05, 3.63) is 34.9 Å². The lowest BCUT2D eigenvalue weighted by molar-refractivity contribution is 0.127. The molecule has 0 amide bonds. The Morgan fingerprint density at radius 3 is 2.44 bits per heavy atom. The van der Waals surface area contributed by atoms with Gasteiger partial charge in [-0.1, -0.05) is 18.2 Å². The number of rotatable bonds is 6. The summed E-state index contributed by atoms with van der Waals surface area (Å²) in [5.41, 5.74) is 4.12. The number of ether oxygens (including phenoxy) is 1. The highest BCUT2D eigenvalue weighted by Gasteiger charge is 2.04. The van der Waals surface area contributed by atoms with Crippen molar-refractivity contribution in [2.24, 2.45) is 0 Å². The first kappa shape index (κ1) is 13.2. The summed E-state index contributed by atoms with van der Waals surface area (Å²) in [5.74, 6) is 0. The Kier molecular flexibility index (Phi) is 5.50. The average Bonchev–Trinajstić information content (AvgIpc) is 2.25. The van der Waals surface area contributed by atoms with Gasteiger partial charge in [-0.15, -0.1) is 0 Å². The molecule has 1 rings (SSSR count). The fourth-order valence-corrected chi connectivity index (χ4v) is 1.76. The predicted octanol–water partition coefficient (Wildman–Crippen LogP) is 2.82. The van der Waals surface area contributed by atoms with Gasteiger partial charge in [-0.3, -0.25) is 0 Å². The van der Waals surface area contributed by atoms with Crippen LogP contribution in [-0.2, 0) is 11.3 Å². The van der Waals surface area contributed by atoms with E-state index in [1.807, 2.05) is 6.92 Å². The van der Waals surface area contributed by atoms with E-state index in [9.17, 15) is 0 Å². The van der Waals surface area contributed by atoms with Crippen LogP contribution in [0.5, 0.6) is 0 Å². The summed E-state index contributed by atoms with van der Waals surface area (Å²) in [6.45, 7) is 11.0. The monoisotopic (exact) mass is 221 g/mol. The van der Waals surface area contributed by atoms with E-state index in [-0.39, 0.29) is 0 Å². The molecule has 0 bridgehead atoms. The lowest BCUT2D eigenvalue weighted by Gasteiger charge is -2.16. The van der Waals surface area contributed by atoms with E-state index < -0.39 is 0 Å². The van der Waals surface area contributed by atoms with Crippen molar-refractivity contribution in [1.29, 1.82) is 0 Å². The Balaban J connectivity index is 2.48. The predicted molar refractivity (Wildman–Crippen MR) is 68.7 cm³/mol. The first-order chi connectivity index (χ1) is 7.65. The maximum atomic E-state index is 5.38. The molecule has 0 aliphatic carbocycles. The molecule has 0 aliphatic heterocycles. The second-order valence-corrected chi connectivity index (χ2v) is 4.31. The van der Waals surface area contributed by atoms with Gasteiger partial charge < -0.3 is 10.1 Å². The van der Waals surface area contributed by atoms with E-state index in [1.54, 1.807) is 0 Å². The number of nitrogens with one attached hydrogen (secondary N) is 1. The molecule has 0 saturated carbocycles. The average molecular weight is 221 g/mol. The molecule has 16 heavy (non-hydrogen) atoms. The summed E-state index contributed by atoms with van der Waals surface area (Å²) >= 11 is 0. The topological polar surface area (TPSA) is 21.3 Å². The first-order valence-electron chi connectivity index (χ1n) is 6.01. The van der Waals surface area contributed by atoms with Crippen LogP contribution in [0.4, 0.5) is 0 Å². The molecule has 0 aliphatic rings. The lowest BCUT2D eigenvalue weighted by Crippen LogP contribution is -2.30. The molecule has 1 atom stereocenters. The minimum absolute atomic E-state index is 0.402. The summed E-state index contributed by atoms with van der Waals surface area (Å²) < 4.78 is 5.38. The van der Waals surface area contributed by atoms with Gasteiger partial charge in [0.1, 0.15) is 0 Å². The molecule has 1 aromatic carbocycles. The summed E-state index contributed by atoms with van der Waals surface area (Å²) in [5, 5.41) is 3.49. The largest absolute Gasteiger partial charge is 0.380 e. The quantitative estimate of drug-likeness (QED) is 0.797. The van der Waals surface area contributed by atoms with E-state index in [0.717, 1.165) is 19.8 Å². The SMILES string of the molecule is CCOCC(C)NCc1c(C)cccc1C. The third-order valence-corrected chi connectivity index (χ3v) is 2.84. The fourth-order valence-electron chi connectivity index (χ4n) is 1.76. The van der Waals surface area contributed by atoms with Gasteiger partial charge in [0.2, 0.25) is 0 Å². The van der Waals surface area contributed by atoms with Crippen molar-refractivity contribution < 1.29 is 4.74 Å². The highest BCUT2D eigenvalue weighted by atomic mass is 16.5. The summed E-state index contributed by atoms with van der Waals surface area (Å²) in [6.07, 6.45) is 0. The molecule has 1 unspecified atom stereocenters. The van der Waals surface area contributed by atoms with Gasteiger partial charge in [0.15, 0.2) is 0 Å². The number of benzene rings is 1. The van der Waals surface area contributed by atoms with E-state index in [4.69, 9.17) is 4.74 Å². The normalized spacial score (nSPS) is 12.8. The van der Waals surface area contributed by atoms with Gasteiger partial charge in [0.25, 0.3) is 0 Å². The number of hydrogen-bond donors (Lipinski definition) is 1. The Morgan fingerprint density at radius 2 is 1.88 bits per heavy atom. The Labute approximate surface area is 99.0 Å². The number of aryl methyl sites for hydroxylation is 2. The van der Waals surface area contributed by atoms with Gasteiger partial charge in [0, 0.05) is 19.2 Å². The Hall–Kier alpha value is -0.860. The smallest absolute Gasteiger partial charge is 0.0616 e. The van der Waals surface area contributed by atoms with Gasteiger partial charge >= 0.3 is 0 Å². The molecule has 0 spiro atoms. The minimum atomic E-state index is 0.402. The van der Waals surface area contributed by atoms with Crippen molar-refractivity contribution in [3.63, 3.8) is 0 Å². The zero-order chi connectivity index (χ0) is 12.0.